The minimum absolute atomic E-state index is 0.0339. The van der Waals surface area contributed by atoms with E-state index < -0.39 is 50.3 Å². The van der Waals surface area contributed by atoms with Gasteiger partial charge in [-0.1, -0.05) is 70.4 Å². The van der Waals surface area contributed by atoms with Gasteiger partial charge in [-0.2, -0.15) is 0 Å². The fourth-order valence-electron chi connectivity index (χ4n) is 4.21. The van der Waals surface area contributed by atoms with Gasteiger partial charge in [-0.25, -0.2) is 0 Å². The molecule has 0 heterocycles. The molecule has 0 aliphatic carbocycles. The van der Waals surface area contributed by atoms with Crippen molar-refractivity contribution in [3.05, 3.63) is 12.2 Å². The largest absolute Gasteiger partial charge is 0.463 e. The normalized spacial score (nSPS) is 15.3. The Morgan fingerprint density at radius 1 is 0.556 bits per heavy atom. The number of carbonyl (C=O) groups excluding carboxylic acids is 1. The molecule has 0 rings (SSSR count). The standard InChI is InChI=1S/C33H64O12/c1-2-3-4-5-6-7-8-9-10-11-12-13-14-15-16-17-33(40)45-27-32(25-42-22-29(38)19-35)44-26-31(43-23-30(39)20-36)24-41-21-28(37)18-34/h9-10,28-32,34-39H,2-8,11-27H2,1H3/b10-9-. The van der Waals surface area contributed by atoms with Gasteiger partial charge in [0, 0.05) is 6.42 Å². The Kier molecular flexibility index (Phi) is 31.9. The predicted molar refractivity (Wildman–Crippen MR) is 171 cm³/mol. The Bertz CT molecular complexity index is 666. The molecule has 0 radical (unpaired) electrons. The molecular weight excluding hydrogens is 588 g/mol. The van der Waals surface area contributed by atoms with Crippen molar-refractivity contribution >= 4 is 5.97 Å². The minimum atomic E-state index is -1.10. The summed E-state index contributed by atoms with van der Waals surface area (Å²) in [6.45, 7) is 0.119. The third kappa shape index (κ3) is 29.9. The zero-order valence-corrected chi connectivity index (χ0v) is 27.6. The average molecular weight is 653 g/mol. The number of rotatable bonds is 34. The Hall–Kier alpha value is -1.19. The first-order chi connectivity index (χ1) is 21.9. The van der Waals surface area contributed by atoms with E-state index in [9.17, 15) is 20.1 Å². The third-order valence-corrected chi connectivity index (χ3v) is 6.98. The van der Waals surface area contributed by atoms with E-state index in [0.29, 0.717) is 6.42 Å². The van der Waals surface area contributed by atoms with Crippen LogP contribution in [0.5, 0.6) is 0 Å². The van der Waals surface area contributed by atoms with Crippen LogP contribution in [0, 0.1) is 0 Å². The molecule has 0 saturated heterocycles. The highest BCUT2D eigenvalue weighted by atomic mass is 16.6. The van der Waals surface area contributed by atoms with E-state index in [2.05, 4.69) is 19.1 Å². The number of hydrogen-bond donors (Lipinski definition) is 6. The first-order valence-corrected chi connectivity index (χ1v) is 16.9. The van der Waals surface area contributed by atoms with Crippen LogP contribution in [-0.4, -0.2) is 133 Å². The highest BCUT2D eigenvalue weighted by Crippen LogP contribution is 2.11. The Morgan fingerprint density at radius 3 is 1.53 bits per heavy atom. The van der Waals surface area contributed by atoms with E-state index in [1.165, 1.54) is 44.9 Å². The van der Waals surface area contributed by atoms with Crippen LogP contribution in [0.2, 0.25) is 0 Å². The number of hydrogen-bond acceptors (Lipinski definition) is 12. The maximum absolute atomic E-state index is 12.4. The second kappa shape index (κ2) is 32.7. The van der Waals surface area contributed by atoms with Crippen molar-refractivity contribution in [3.8, 4) is 0 Å². The van der Waals surface area contributed by atoms with Gasteiger partial charge in [0.05, 0.1) is 59.5 Å². The lowest BCUT2D eigenvalue weighted by Crippen LogP contribution is -2.36. The number of aliphatic hydroxyl groups is 6. The van der Waals surface area contributed by atoms with Gasteiger partial charge in [0.25, 0.3) is 0 Å². The molecule has 6 N–H and O–H groups in total. The summed E-state index contributed by atoms with van der Waals surface area (Å²) < 4.78 is 27.6. The Balaban J connectivity index is 4.40. The molecular formula is C33H64O12. The second-order valence-electron chi connectivity index (χ2n) is 11.5. The van der Waals surface area contributed by atoms with E-state index in [0.717, 1.165) is 38.5 Å². The lowest BCUT2D eigenvalue weighted by atomic mass is 10.1. The van der Waals surface area contributed by atoms with Crippen molar-refractivity contribution in [1.29, 1.82) is 0 Å². The summed E-state index contributed by atoms with van der Waals surface area (Å²) >= 11 is 0. The van der Waals surface area contributed by atoms with Gasteiger partial charge in [-0.15, -0.1) is 0 Å². The highest BCUT2D eigenvalue weighted by molar-refractivity contribution is 5.69. The summed E-state index contributed by atoms with van der Waals surface area (Å²) in [5.41, 5.74) is 0. The molecule has 0 aliphatic heterocycles. The zero-order valence-electron chi connectivity index (χ0n) is 27.6. The molecule has 268 valence electrons. The summed E-state index contributed by atoms with van der Waals surface area (Å²) in [4.78, 5) is 12.4. The fourth-order valence-corrected chi connectivity index (χ4v) is 4.21. The highest BCUT2D eigenvalue weighted by Gasteiger charge is 2.19. The summed E-state index contributed by atoms with van der Waals surface area (Å²) in [6.07, 6.45) is 15.5. The van der Waals surface area contributed by atoms with Gasteiger partial charge in [-0.05, 0) is 32.1 Å². The maximum Gasteiger partial charge on any atom is 0.305 e. The monoisotopic (exact) mass is 652 g/mol. The molecule has 0 aromatic heterocycles. The maximum atomic E-state index is 12.4. The van der Waals surface area contributed by atoms with Gasteiger partial charge >= 0.3 is 5.97 Å². The quantitative estimate of drug-likeness (QED) is 0.0340. The van der Waals surface area contributed by atoms with Crippen LogP contribution in [0.4, 0.5) is 0 Å². The first kappa shape index (κ1) is 43.8. The van der Waals surface area contributed by atoms with Gasteiger partial charge in [-0.3, -0.25) is 4.79 Å². The van der Waals surface area contributed by atoms with Crippen molar-refractivity contribution in [2.45, 2.75) is 127 Å². The van der Waals surface area contributed by atoms with Crippen LogP contribution in [0.25, 0.3) is 0 Å². The SMILES string of the molecule is CCCCCCCC/C=C\CCCCCCCC(=O)OCC(COCC(O)CO)OCC(COCC(O)CO)OCC(O)CO. The zero-order chi connectivity index (χ0) is 33.4. The smallest absolute Gasteiger partial charge is 0.305 e. The molecule has 0 aromatic carbocycles. The van der Waals surface area contributed by atoms with Crippen LogP contribution < -0.4 is 0 Å². The third-order valence-electron chi connectivity index (χ3n) is 6.98. The van der Waals surface area contributed by atoms with Crippen molar-refractivity contribution in [1.82, 2.24) is 0 Å². The Morgan fingerprint density at radius 2 is 1.00 bits per heavy atom. The van der Waals surface area contributed by atoms with E-state index in [1.807, 2.05) is 0 Å². The molecule has 0 aromatic rings. The predicted octanol–water partition coefficient (Wildman–Crippen LogP) is 2.43. The van der Waals surface area contributed by atoms with Crippen molar-refractivity contribution in [2.75, 3.05) is 66.1 Å². The molecule has 0 bridgehead atoms. The van der Waals surface area contributed by atoms with Gasteiger partial charge in [0.15, 0.2) is 0 Å². The number of esters is 1. The minimum Gasteiger partial charge on any atom is -0.463 e. The van der Waals surface area contributed by atoms with Gasteiger partial charge < -0.3 is 54.3 Å². The summed E-state index contributed by atoms with van der Waals surface area (Å²) in [6, 6.07) is 0. The second-order valence-corrected chi connectivity index (χ2v) is 11.5. The number of allylic oxidation sites excluding steroid dienone is 2. The number of aliphatic hydroxyl groups excluding tert-OH is 6. The van der Waals surface area contributed by atoms with Crippen LogP contribution in [0.3, 0.4) is 0 Å². The number of ether oxygens (including phenoxy) is 5. The van der Waals surface area contributed by atoms with E-state index >= 15 is 0 Å². The summed E-state index contributed by atoms with van der Waals surface area (Å²) in [5.74, 6) is -0.350. The topological polar surface area (TPSA) is 185 Å². The Labute approximate surface area is 270 Å². The van der Waals surface area contributed by atoms with Crippen LogP contribution in [-0.2, 0) is 28.5 Å². The fraction of sp³-hybridized carbons (Fsp3) is 0.909. The lowest BCUT2D eigenvalue weighted by molar-refractivity contribution is -0.155. The van der Waals surface area contributed by atoms with E-state index in [4.69, 9.17) is 39.0 Å². The van der Waals surface area contributed by atoms with Crippen molar-refractivity contribution in [3.63, 3.8) is 0 Å². The lowest BCUT2D eigenvalue weighted by Gasteiger charge is -2.24. The molecule has 0 saturated carbocycles. The molecule has 45 heavy (non-hydrogen) atoms. The first-order valence-electron chi connectivity index (χ1n) is 16.9. The molecule has 12 heteroatoms. The molecule has 0 amide bonds. The molecule has 0 aliphatic rings. The average Bonchev–Trinajstić information content (AvgIpc) is 3.05. The van der Waals surface area contributed by atoms with Crippen molar-refractivity contribution < 1.29 is 59.1 Å². The van der Waals surface area contributed by atoms with Crippen LogP contribution in [0.1, 0.15) is 96.8 Å². The van der Waals surface area contributed by atoms with Crippen LogP contribution in [0.15, 0.2) is 12.2 Å². The molecule has 12 nitrogen and oxygen atoms in total. The summed E-state index contributed by atoms with van der Waals surface area (Å²) in [5, 5.41) is 55.7. The molecule has 0 fully saturated rings. The van der Waals surface area contributed by atoms with Gasteiger partial charge in [0.2, 0.25) is 0 Å². The van der Waals surface area contributed by atoms with Gasteiger partial charge in [0.1, 0.15) is 37.1 Å². The molecule has 5 unspecified atom stereocenters. The van der Waals surface area contributed by atoms with Crippen molar-refractivity contribution in [2.24, 2.45) is 0 Å². The van der Waals surface area contributed by atoms with E-state index in [1.54, 1.807) is 0 Å². The van der Waals surface area contributed by atoms with E-state index in [-0.39, 0.29) is 52.2 Å². The van der Waals surface area contributed by atoms with Crippen LogP contribution >= 0.6 is 0 Å². The number of unbranched alkanes of at least 4 members (excludes halogenated alkanes) is 11. The molecule has 5 atom stereocenters. The summed E-state index contributed by atoms with van der Waals surface area (Å²) in [7, 11) is 0. The number of carbonyl (C=O) groups is 1. The molecule has 0 spiro atoms.